The van der Waals surface area contributed by atoms with Gasteiger partial charge in [0.05, 0.1) is 25.1 Å². The summed E-state index contributed by atoms with van der Waals surface area (Å²) in [6, 6.07) is 13.7. The Morgan fingerprint density at radius 1 is 1.20 bits per heavy atom. The fourth-order valence-electron chi connectivity index (χ4n) is 3.13. The molecule has 1 amide bonds. The maximum atomic E-state index is 12.7. The number of rotatable bonds is 7. The van der Waals surface area contributed by atoms with Crippen LogP contribution in [-0.2, 0) is 14.8 Å². The highest BCUT2D eigenvalue weighted by Crippen LogP contribution is 2.33. The van der Waals surface area contributed by atoms with Gasteiger partial charge in [-0.05, 0) is 43.3 Å². The Kier molecular flexibility index (Phi) is 6.71. The van der Waals surface area contributed by atoms with Crippen molar-refractivity contribution in [3.8, 4) is 17.2 Å². The van der Waals surface area contributed by atoms with E-state index in [1.165, 1.54) is 4.31 Å². The van der Waals surface area contributed by atoms with E-state index in [0.717, 1.165) is 12.0 Å². The van der Waals surface area contributed by atoms with E-state index >= 15 is 0 Å². The van der Waals surface area contributed by atoms with Crippen LogP contribution in [0.2, 0.25) is 0 Å². The molecule has 0 aliphatic carbocycles. The summed E-state index contributed by atoms with van der Waals surface area (Å²) >= 11 is 0. The van der Waals surface area contributed by atoms with Crippen LogP contribution in [0.25, 0.3) is 0 Å². The number of anilines is 1. The van der Waals surface area contributed by atoms with Crippen LogP contribution in [0.5, 0.6) is 17.2 Å². The number of amides is 1. The molecule has 0 unspecified atom stereocenters. The van der Waals surface area contributed by atoms with E-state index < -0.39 is 16.1 Å². The highest BCUT2D eigenvalue weighted by molar-refractivity contribution is 7.92. The third-order valence-corrected chi connectivity index (χ3v) is 5.82. The lowest BCUT2D eigenvalue weighted by Crippen LogP contribution is -2.45. The highest BCUT2D eigenvalue weighted by atomic mass is 32.2. The van der Waals surface area contributed by atoms with Gasteiger partial charge in [-0.1, -0.05) is 12.1 Å². The highest BCUT2D eigenvalue weighted by Gasteiger charge is 2.31. The quantitative estimate of drug-likeness (QED) is 0.718. The molecule has 2 aromatic rings. The lowest BCUT2D eigenvalue weighted by Gasteiger charge is -2.20. The molecule has 2 atom stereocenters. The number of sulfonamides is 1. The zero-order valence-corrected chi connectivity index (χ0v) is 18.0. The predicted molar refractivity (Wildman–Crippen MR) is 114 cm³/mol. The Morgan fingerprint density at radius 3 is 2.53 bits per heavy atom. The fraction of sp³-hybridized carbons (Fsp3) is 0.381. The maximum Gasteiger partial charge on any atom is 0.261 e. The minimum Gasteiger partial charge on any atom is -0.497 e. The maximum absolute atomic E-state index is 12.7. The zero-order chi connectivity index (χ0) is 21.7. The molecule has 2 aromatic carbocycles. The number of hydrogen-bond acceptors (Lipinski definition) is 6. The molecule has 1 heterocycles. The van der Waals surface area contributed by atoms with Gasteiger partial charge in [-0.2, -0.15) is 0 Å². The zero-order valence-electron chi connectivity index (χ0n) is 17.2. The number of fused-ring (bicyclic) bond motifs is 1. The Hall–Kier alpha value is -2.94. The first-order valence-electron chi connectivity index (χ1n) is 9.58. The third kappa shape index (κ3) is 5.35. The Balaban J connectivity index is 1.61. The van der Waals surface area contributed by atoms with Gasteiger partial charge in [-0.25, -0.2) is 8.42 Å². The number of benzene rings is 2. The van der Waals surface area contributed by atoms with E-state index in [0.29, 0.717) is 17.2 Å². The van der Waals surface area contributed by atoms with Crippen molar-refractivity contribution >= 4 is 21.6 Å². The number of nitrogens with one attached hydrogen (secondary N) is 1. The van der Waals surface area contributed by atoms with Gasteiger partial charge in [0.1, 0.15) is 23.9 Å². The van der Waals surface area contributed by atoms with E-state index in [2.05, 4.69) is 5.32 Å². The van der Waals surface area contributed by atoms with Gasteiger partial charge in [-0.3, -0.25) is 9.10 Å². The second-order valence-electron chi connectivity index (χ2n) is 7.09. The van der Waals surface area contributed by atoms with Crippen LogP contribution in [0, 0.1) is 0 Å². The molecule has 0 radical (unpaired) electrons. The molecule has 1 N–H and O–H groups in total. The minimum absolute atomic E-state index is 0.157. The summed E-state index contributed by atoms with van der Waals surface area (Å²) in [6.07, 6.45) is 0.573. The van der Waals surface area contributed by atoms with Crippen molar-refractivity contribution in [3.63, 3.8) is 0 Å². The SMILES string of the molecule is COc1ccc(OC[C@@H](C)NC(=O)[C@H]2CCN(S(C)(=O)=O)c3ccccc3O2)cc1. The van der Waals surface area contributed by atoms with Gasteiger partial charge in [0.2, 0.25) is 10.0 Å². The van der Waals surface area contributed by atoms with Crippen molar-refractivity contribution in [2.24, 2.45) is 0 Å². The van der Waals surface area contributed by atoms with E-state index in [-0.39, 0.29) is 31.5 Å². The molecule has 0 saturated heterocycles. The smallest absolute Gasteiger partial charge is 0.261 e. The van der Waals surface area contributed by atoms with E-state index in [1.807, 2.05) is 6.92 Å². The molecule has 162 valence electrons. The molecule has 3 rings (SSSR count). The normalized spacial score (nSPS) is 17.2. The molecule has 9 heteroatoms. The fourth-order valence-corrected chi connectivity index (χ4v) is 4.07. The van der Waals surface area contributed by atoms with Gasteiger partial charge >= 0.3 is 0 Å². The van der Waals surface area contributed by atoms with Crippen LogP contribution >= 0.6 is 0 Å². The van der Waals surface area contributed by atoms with Crippen LogP contribution < -0.4 is 23.8 Å². The summed E-state index contributed by atoms with van der Waals surface area (Å²) in [5.74, 6) is 1.45. The average Bonchev–Trinajstić information content (AvgIpc) is 2.92. The van der Waals surface area contributed by atoms with Crippen molar-refractivity contribution in [1.29, 1.82) is 0 Å². The summed E-state index contributed by atoms with van der Waals surface area (Å²) in [7, 11) is -1.89. The topological polar surface area (TPSA) is 94.2 Å². The standard InChI is InChI=1S/C21H26N2O6S/c1-15(14-28-17-10-8-16(27-2)9-11-17)22-21(24)20-12-13-23(30(3,25)26)18-6-4-5-7-19(18)29-20/h4-11,15,20H,12-14H2,1-3H3,(H,22,24)/t15-,20-/m1/s1. The van der Waals surface area contributed by atoms with Crippen LogP contribution in [0.1, 0.15) is 13.3 Å². The summed E-state index contributed by atoms with van der Waals surface area (Å²) < 4.78 is 42.3. The van der Waals surface area contributed by atoms with Crippen molar-refractivity contribution < 1.29 is 27.4 Å². The molecule has 1 aliphatic heterocycles. The van der Waals surface area contributed by atoms with Gasteiger partial charge in [0, 0.05) is 13.0 Å². The summed E-state index contributed by atoms with van der Waals surface area (Å²) in [5.41, 5.74) is 0.436. The Labute approximate surface area is 176 Å². The number of hydrogen-bond donors (Lipinski definition) is 1. The molecule has 8 nitrogen and oxygen atoms in total. The third-order valence-electron chi connectivity index (χ3n) is 4.64. The van der Waals surface area contributed by atoms with E-state index in [9.17, 15) is 13.2 Å². The summed E-state index contributed by atoms with van der Waals surface area (Å²) in [5, 5.41) is 2.87. The Bertz CT molecular complexity index is 977. The van der Waals surface area contributed by atoms with E-state index in [1.54, 1.807) is 55.6 Å². The number of carbonyl (C=O) groups is 1. The number of ether oxygens (including phenoxy) is 3. The molecule has 0 aromatic heterocycles. The van der Waals surface area contributed by atoms with Gasteiger partial charge in [0.25, 0.3) is 5.91 Å². The number of nitrogens with zero attached hydrogens (tertiary/aromatic N) is 1. The van der Waals surface area contributed by atoms with Gasteiger partial charge in [-0.15, -0.1) is 0 Å². The van der Waals surface area contributed by atoms with Crippen LogP contribution in [0.4, 0.5) is 5.69 Å². The molecule has 30 heavy (non-hydrogen) atoms. The molecular weight excluding hydrogens is 408 g/mol. The van der Waals surface area contributed by atoms with Crippen molar-refractivity contribution in [1.82, 2.24) is 5.32 Å². The predicted octanol–water partition coefficient (Wildman–Crippen LogP) is 2.20. The summed E-state index contributed by atoms with van der Waals surface area (Å²) in [6.45, 7) is 2.26. The van der Waals surface area contributed by atoms with Gasteiger partial charge in [0.15, 0.2) is 6.10 Å². The molecule has 0 bridgehead atoms. The van der Waals surface area contributed by atoms with Crippen LogP contribution in [0.15, 0.2) is 48.5 Å². The molecule has 0 fully saturated rings. The number of para-hydroxylation sites is 2. The van der Waals surface area contributed by atoms with Crippen LogP contribution in [-0.4, -0.2) is 53.0 Å². The molecule has 0 spiro atoms. The molecule has 1 aliphatic rings. The second kappa shape index (κ2) is 9.25. The van der Waals surface area contributed by atoms with Crippen LogP contribution in [0.3, 0.4) is 0 Å². The first kappa shape index (κ1) is 21.8. The van der Waals surface area contributed by atoms with Crippen molar-refractivity contribution in [2.45, 2.75) is 25.5 Å². The molecule has 0 saturated carbocycles. The van der Waals surface area contributed by atoms with Crippen molar-refractivity contribution in [3.05, 3.63) is 48.5 Å². The monoisotopic (exact) mass is 434 g/mol. The number of methoxy groups -OCH3 is 1. The van der Waals surface area contributed by atoms with Gasteiger partial charge < -0.3 is 19.5 Å². The lowest BCUT2D eigenvalue weighted by molar-refractivity contribution is -0.128. The largest absolute Gasteiger partial charge is 0.497 e. The first-order valence-corrected chi connectivity index (χ1v) is 11.4. The van der Waals surface area contributed by atoms with E-state index in [4.69, 9.17) is 14.2 Å². The molecular formula is C21H26N2O6S. The second-order valence-corrected chi connectivity index (χ2v) is 9.00. The summed E-state index contributed by atoms with van der Waals surface area (Å²) in [4.78, 5) is 12.7. The Morgan fingerprint density at radius 2 is 1.87 bits per heavy atom. The van der Waals surface area contributed by atoms with Crippen molar-refractivity contribution in [2.75, 3.05) is 30.8 Å². The average molecular weight is 435 g/mol. The minimum atomic E-state index is -3.49. The lowest BCUT2D eigenvalue weighted by atomic mass is 10.2. The first-order chi connectivity index (χ1) is 14.3. The number of carbonyl (C=O) groups excluding carboxylic acids is 1.